The number of H-pyrrole nitrogens is 1. The lowest BCUT2D eigenvalue weighted by atomic mass is 9.87. The van der Waals surface area contributed by atoms with Crippen molar-refractivity contribution in [2.45, 2.75) is 32.2 Å². The molecular formula is C12H22N4. The molecule has 1 fully saturated rings. The van der Waals surface area contributed by atoms with Crippen LogP contribution in [0, 0.1) is 0 Å². The lowest BCUT2D eigenvalue weighted by Crippen LogP contribution is -2.44. The summed E-state index contributed by atoms with van der Waals surface area (Å²) in [7, 11) is 2.19. The highest BCUT2D eigenvalue weighted by Gasteiger charge is 2.28. The Morgan fingerprint density at radius 2 is 2.19 bits per heavy atom. The summed E-state index contributed by atoms with van der Waals surface area (Å²) in [6, 6.07) is 0.446. The Bertz CT molecular complexity index is 350. The van der Waals surface area contributed by atoms with Crippen molar-refractivity contribution in [3.63, 3.8) is 0 Å². The predicted octanol–water partition coefficient (Wildman–Crippen LogP) is 1.28. The SMILES string of the molecule is CN1CCNCC1c1cn[nH]c1C(C)(C)C. The van der Waals surface area contributed by atoms with Gasteiger partial charge < -0.3 is 5.32 Å². The van der Waals surface area contributed by atoms with Crippen molar-refractivity contribution in [2.75, 3.05) is 26.7 Å². The van der Waals surface area contributed by atoms with Crippen LogP contribution in [0.2, 0.25) is 0 Å². The summed E-state index contributed by atoms with van der Waals surface area (Å²) in [5.74, 6) is 0. The van der Waals surface area contributed by atoms with E-state index < -0.39 is 0 Å². The Kier molecular flexibility index (Phi) is 3.04. The zero-order valence-corrected chi connectivity index (χ0v) is 10.7. The third-order valence-electron chi connectivity index (χ3n) is 3.29. The predicted molar refractivity (Wildman–Crippen MR) is 65.5 cm³/mol. The first-order valence-electron chi connectivity index (χ1n) is 5.95. The summed E-state index contributed by atoms with van der Waals surface area (Å²) in [6.45, 7) is 9.86. The standard InChI is InChI=1S/C12H22N4/c1-12(2,3)11-9(7-14-15-11)10-8-13-5-6-16(10)4/h7,10,13H,5-6,8H2,1-4H3,(H,14,15). The topological polar surface area (TPSA) is 44.0 Å². The lowest BCUT2D eigenvalue weighted by Gasteiger charge is -2.34. The van der Waals surface area contributed by atoms with Crippen LogP contribution < -0.4 is 5.32 Å². The number of aromatic nitrogens is 2. The monoisotopic (exact) mass is 222 g/mol. The first-order chi connectivity index (χ1) is 7.50. The van der Waals surface area contributed by atoms with Crippen molar-refractivity contribution < 1.29 is 0 Å². The zero-order valence-electron chi connectivity index (χ0n) is 10.7. The summed E-state index contributed by atoms with van der Waals surface area (Å²) in [5, 5.41) is 10.8. The van der Waals surface area contributed by atoms with Crippen molar-refractivity contribution in [3.8, 4) is 0 Å². The molecule has 0 radical (unpaired) electrons. The summed E-state index contributed by atoms with van der Waals surface area (Å²) in [6.07, 6.45) is 1.98. The smallest absolute Gasteiger partial charge is 0.0538 e. The minimum absolute atomic E-state index is 0.129. The van der Waals surface area contributed by atoms with Crippen LogP contribution in [-0.4, -0.2) is 41.8 Å². The molecule has 0 aliphatic carbocycles. The maximum atomic E-state index is 4.22. The average Bonchev–Trinajstić information content (AvgIpc) is 2.66. The molecule has 0 bridgehead atoms. The molecule has 2 rings (SSSR count). The summed E-state index contributed by atoms with van der Waals surface area (Å²) in [5.41, 5.74) is 2.72. The Balaban J connectivity index is 2.29. The van der Waals surface area contributed by atoms with E-state index in [2.05, 4.69) is 48.2 Å². The minimum atomic E-state index is 0.129. The van der Waals surface area contributed by atoms with Gasteiger partial charge in [0.25, 0.3) is 0 Å². The molecule has 1 saturated heterocycles. The molecule has 4 nitrogen and oxygen atoms in total. The summed E-state index contributed by atoms with van der Waals surface area (Å²) in [4.78, 5) is 2.40. The van der Waals surface area contributed by atoms with E-state index in [-0.39, 0.29) is 5.41 Å². The zero-order chi connectivity index (χ0) is 11.8. The first kappa shape index (κ1) is 11.6. The molecule has 1 aromatic heterocycles. The number of likely N-dealkylation sites (N-methyl/N-ethyl adjacent to an activating group) is 1. The van der Waals surface area contributed by atoms with Crippen LogP contribution in [0.5, 0.6) is 0 Å². The third kappa shape index (κ3) is 2.13. The van der Waals surface area contributed by atoms with Crippen LogP contribution in [0.1, 0.15) is 38.1 Å². The first-order valence-corrected chi connectivity index (χ1v) is 5.95. The fourth-order valence-corrected chi connectivity index (χ4v) is 2.30. The van der Waals surface area contributed by atoms with E-state index in [1.165, 1.54) is 11.3 Å². The Morgan fingerprint density at radius 3 is 2.81 bits per heavy atom. The van der Waals surface area contributed by atoms with Crippen LogP contribution in [-0.2, 0) is 5.41 Å². The molecule has 16 heavy (non-hydrogen) atoms. The number of hydrogen-bond donors (Lipinski definition) is 2. The molecule has 90 valence electrons. The Morgan fingerprint density at radius 1 is 1.44 bits per heavy atom. The molecule has 1 aliphatic heterocycles. The maximum absolute atomic E-state index is 4.22. The van der Waals surface area contributed by atoms with E-state index >= 15 is 0 Å². The fraction of sp³-hybridized carbons (Fsp3) is 0.750. The van der Waals surface area contributed by atoms with E-state index in [4.69, 9.17) is 0 Å². The van der Waals surface area contributed by atoms with Gasteiger partial charge in [0.2, 0.25) is 0 Å². The second-order valence-corrected chi connectivity index (χ2v) is 5.65. The van der Waals surface area contributed by atoms with Crippen molar-refractivity contribution in [1.29, 1.82) is 0 Å². The number of rotatable bonds is 1. The van der Waals surface area contributed by atoms with Crippen LogP contribution >= 0.6 is 0 Å². The number of nitrogens with one attached hydrogen (secondary N) is 2. The van der Waals surface area contributed by atoms with Gasteiger partial charge in [-0.25, -0.2) is 0 Å². The van der Waals surface area contributed by atoms with Gasteiger partial charge in [0, 0.05) is 36.3 Å². The van der Waals surface area contributed by atoms with E-state index in [0.717, 1.165) is 19.6 Å². The summed E-state index contributed by atoms with van der Waals surface area (Å²) < 4.78 is 0. The quantitative estimate of drug-likeness (QED) is 0.752. The molecule has 2 heterocycles. The number of nitrogens with zero attached hydrogens (tertiary/aromatic N) is 2. The van der Waals surface area contributed by atoms with Gasteiger partial charge in [-0.1, -0.05) is 20.8 Å². The van der Waals surface area contributed by atoms with Gasteiger partial charge in [0.15, 0.2) is 0 Å². The molecule has 1 unspecified atom stereocenters. The molecule has 0 aromatic carbocycles. The fourth-order valence-electron chi connectivity index (χ4n) is 2.30. The second-order valence-electron chi connectivity index (χ2n) is 5.65. The molecule has 1 aromatic rings. The largest absolute Gasteiger partial charge is 0.314 e. The highest BCUT2D eigenvalue weighted by atomic mass is 15.2. The Hall–Kier alpha value is -0.870. The molecule has 4 heteroatoms. The molecular weight excluding hydrogens is 200 g/mol. The summed E-state index contributed by atoms with van der Waals surface area (Å²) >= 11 is 0. The number of piperazine rings is 1. The second kappa shape index (κ2) is 4.18. The van der Waals surface area contributed by atoms with Crippen molar-refractivity contribution in [3.05, 3.63) is 17.5 Å². The van der Waals surface area contributed by atoms with E-state index in [0.29, 0.717) is 6.04 Å². The highest BCUT2D eigenvalue weighted by molar-refractivity contribution is 5.27. The van der Waals surface area contributed by atoms with Crippen molar-refractivity contribution in [1.82, 2.24) is 20.4 Å². The van der Waals surface area contributed by atoms with Gasteiger partial charge in [-0.3, -0.25) is 10.00 Å². The van der Waals surface area contributed by atoms with Crippen LogP contribution in [0.25, 0.3) is 0 Å². The third-order valence-corrected chi connectivity index (χ3v) is 3.29. The average molecular weight is 222 g/mol. The molecule has 1 aliphatic rings. The number of hydrogen-bond acceptors (Lipinski definition) is 3. The van der Waals surface area contributed by atoms with Gasteiger partial charge in [0.05, 0.1) is 12.2 Å². The van der Waals surface area contributed by atoms with Crippen molar-refractivity contribution in [2.24, 2.45) is 0 Å². The molecule has 0 spiro atoms. The molecule has 0 amide bonds. The van der Waals surface area contributed by atoms with Gasteiger partial charge in [-0.05, 0) is 7.05 Å². The van der Waals surface area contributed by atoms with E-state index in [9.17, 15) is 0 Å². The number of aromatic amines is 1. The minimum Gasteiger partial charge on any atom is -0.314 e. The van der Waals surface area contributed by atoms with Crippen LogP contribution in [0.3, 0.4) is 0 Å². The van der Waals surface area contributed by atoms with Crippen molar-refractivity contribution >= 4 is 0 Å². The van der Waals surface area contributed by atoms with Crippen LogP contribution in [0.4, 0.5) is 0 Å². The maximum Gasteiger partial charge on any atom is 0.0538 e. The van der Waals surface area contributed by atoms with Gasteiger partial charge in [0.1, 0.15) is 0 Å². The molecule has 2 N–H and O–H groups in total. The molecule has 1 atom stereocenters. The lowest BCUT2D eigenvalue weighted by molar-refractivity contribution is 0.200. The van der Waals surface area contributed by atoms with Gasteiger partial charge in [-0.15, -0.1) is 0 Å². The van der Waals surface area contributed by atoms with E-state index in [1.807, 2.05) is 6.20 Å². The molecule has 0 saturated carbocycles. The van der Waals surface area contributed by atoms with Crippen LogP contribution in [0.15, 0.2) is 6.20 Å². The Labute approximate surface area is 97.4 Å². The van der Waals surface area contributed by atoms with Gasteiger partial charge >= 0.3 is 0 Å². The highest BCUT2D eigenvalue weighted by Crippen LogP contribution is 2.30. The van der Waals surface area contributed by atoms with E-state index in [1.54, 1.807) is 0 Å². The van der Waals surface area contributed by atoms with Gasteiger partial charge in [-0.2, -0.15) is 5.10 Å². The normalized spacial score (nSPS) is 23.6.